The van der Waals surface area contributed by atoms with Gasteiger partial charge in [0.05, 0.1) is 0 Å². The van der Waals surface area contributed by atoms with Gasteiger partial charge in [0.2, 0.25) is 11.0 Å². The van der Waals surface area contributed by atoms with E-state index >= 15 is 0 Å². The van der Waals surface area contributed by atoms with Crippen LogP contribution < -0.4 is 5.32 Å². The van der Waals surface area contributed by atoms with Gasteiger partial charge in [-0.25, -0.2) is 8.42 Å². The van der Waals surface area contributed by atoms with Gasteiger partial charge in [-0.3, -0.25) is 10.1 Å². The lowest BCUT2D eigenvalue weighted by Crippen LogP contribution is -2.21. The molecule has 0 spiro atoms. The zero-order valence-corrected chi connectivity index (χ0v) is 13.3. The molecule has 1 amide bonds. The molecule has 0 unspecified atom stereocenters. The highest BCUT2D eigenvalue weighted by molar-refractivity contribution is 7.91. The van der Waals surface area contributed by atoms with Crippen LogP contribution in [-0.4, -0.2) is 36.5 Å². The fourth-order valence-electron chi connectivity index (χ4n) is 1.74. The average Bonchev–Trinajstić information content (AvgIpc) is 2.77. The van der Waals surface area contributed by atoms with Crippen LogP contribution in [0.1, 0.15) is 16.1 Å². The van der Waals surface area contributed by atoms with Crippen molar-refractivity contribution >= 4 is 32.2 Å². The lowest BCUT2D eigenvalue weighted by atomic mass is 10.1. The number of carbonyl (C=O) groups is 1. The number of sulfone groups is 1. The molecule has 6 nitrogen and oxygen atoms in total. The molecule has 21 heavy (non-hydrogen) atoms. The topological polar surface area (TPSA) is 89.0 Å². The van der Waals surface area contributed by atoms with E-state index in [0.29, 0.717) is 11.6 Å². The highest BCUT2D eigenvalue weighted by atomic mass is 32.2. The number of carbonyl (C=O) groups excluding carboxylic acids is 1. The fraction of sp³-hybridized carbons (Fsp3) is 0.308. The third kappa shape index (κ3) is 4.91. The van der Waals surface area contributed by atoms with E-state index in [1.165, 1.54) is 11.3 Å². The SMILES string of the molecule is Cc1ccccc1Cc1nnc(NC(=O)CS(C)(=O)=O)s1. The van der Waals surface area contributed by atoms with Gasteiger partial charge < -0.3 is 0 Å². The maximum absolute atomic E-state index is 11.5. The summed E-state index contributed by atoms with van der Waals surface area (Å²) < 4.78 is 22.0. The van der Waals surface area contributed by atoms with Crippen LogP contribution in [0.4, 0.5) is 5.13 Å². The summed E-state index contributed by atoms with van der Waals surface area (Å²) in [5.41, 5.74) is 2.30. The smallest absolute Gasteiger partial charge is 0.241 e. The maximum Gasteiger partial charge on any atom is 0.241 e. The standard InChI is InChI=1S/C13H15N3O3S2/c1-9-5-3-4-6-10(9)7-12-15-16-13(20-12)14-11(17)8-21(2,18)19/h3-6H,7-8H2,1-2H3,(H,14,16,17). The van der Waals surface area contributed by atoms with Crippen molar-refractivity contribution in [2.24, 2.45) is 0 Å². The molecule has 1 heterocycles. The Morgan fingerprint density at radius 3 is 2.67 bits per heavy atom. The molecule has 2 rings (SSSR count). The van der Waals surface area contributed by atoms with Crippen LogP contribution in [0.15, 0.2) is 24.3 Å². The molecule has 0 aliphatic rings. The van der Waals surface area contributed by atoms with Crippen LogP contribution in [0.3, 0.4) is 0 Å². The molecule has 8 heteroatoms. The maximum atomic E-state index is 11.5. The van der Waals surface area contributed by atoms with Gasteiger partial charge in [-0.15, -0.1) is 10.2 Å². The van der Waals surface area contributed by atoms with E-state index in [0.717, 1.165) is 22.4 Å². The number of aromatic nitrogens is 2. The summed E-state index contributed by atoms with van der Waals surface area (Å²) in [5, 5.41) is 11.4. The molecule has 2 aromatic rings. The molecule has 0 radical (unpaired) electrons. The minimum atomic E-state index is -3.35. The first-order chi connectivity index (χ1) is 9.83. The number of amides is 1. The Kier molecular flexibility index (Phi) is 4.69. The molecular weight excluding hydrogens is 310 g/mol. The van der Waals surface area contributed by atoms with E-state index in [1.54, 1.807) is 0 Å². The molecule has 0 saturated heterocycles. The van der Waals surface area contributed by atoms with Crippen molar-refractivity contribution in [3.05, 3.63) is 40.4 Å². The molecule has 1 aromatic carbocycles. The highest BCUT2D eigenvalue weighted by Gasteiger charge is 2.13. The number of nitrogens with one attached hydrogen (secondary N) is 1. The Hall–Kier alpha value is -1.80. The predicted molar refractivity (Wildman–Crippen MR) is 82.2 cm³/mol. The second-order valence-electron chi connectivity index (χ2n) is 4.72. The van der Waals surface area contributed by atoms with Crippen molar-refractivity contribution in [1.82, 2.24) is 10.2 Å². The minimum Gasteiger partial charge on any atom is -0.300 e. The third-order valence-electron chi connectivity index (χ3n) is 2.71. The van der Waals surface area contributed by atoms with Crippen LogP contribution in [0.2, 0.25) is 0 Å². The lowest BCUT2D eigenvalue weighted by molar-refractivity contribution is -0.113. The van der Waals surface area contributed by atoms with Gasteiger partial charge in [0.1, 0.15) is 10.8 Å². The van der Waals surface area contributed by atoms with Crippen molar-refractivity contribution in [3.8, 4) is 0 Å². The lowest BCUT2D eigenvalue weighted by Gasteiger charge is -2.01. The molecule has 0 aliphatic heterocycles. The van der Waals surface area contributed by atoms with E-state index in [2.05, 4.69) is 15.5 Å². The van der Waals surface area contributed by atoms with Crippen molar-refractivity contribution < 1.29 is 13.2 Å². The second-order valence-corrected chi connectivity index (χ2v) is 7.92. The molecule has 0 saturated carbocycles. The third-order valence-corrected chi connectivity index (χ3v) is 4.33. The largest absolute Gasteiger partial charge is 0.300 e. The van der Waals surface area contributed by atoms with Crippen LogP contribution in [0, 0.1) is 6.92 Å². The van der Waals surface area contributed by atoms with E-state index < -0.39 is 21.5 Å². The van der Waals surface area contributed by atoms with Crippen LogP contribution in [-0.2, 0) is 21.1 Å². The first-order valence-electron chi connectivity index (χ1n) is 6.18. The van der Waals surface area contributed by atoms with Crippen LogP contribution >= 0.6 is 11.3 Å². The summed E-state index contributed by atoms with van der Waals surface area (Å²) in [6, 6.07) is 7.96. The number of benzene rings is 1. The van der Waals surface area contributed by atoms with Gasteiger partial charge >= 0.3 is 0 Å². The van der Waals surface area contributed by atoms with Gasteiger partial charge in [0, 0.05) is 12.7 Å². The van der Waals surface area contributed by atoms with Crippen molar-refractivity contribution in [2.45, 2.75) is 13.3 Å². The quantitative estimate of drug-likeness (QED) is 0.898. The molecule has 0 aliphatic carbocycles. The second kappa shape index (κ2) is 6.31. The normalized spacial score (nSPS) is 11.3. The van der Waals surface area contributed by atoms with E-state index in [-0.39, 0.29) is 0 Å². The Morgan fingerprint density at radius 2 is 2.00 bits per heavy atom. The van der Waals surface area contributed by atoms with E-state index in [1.807, 2.05) is 31.2 Å². The van der Waals surface area contributed by atoms with Crippen molar-refractivity contribution in [1.29, 1.82) is 0 Å². The highest BCUT2D eigenvalue weighted by Crippen LogP contribution is 2.20. The number of nitrogens with zero attached hydrogens (tertiary/aromatic N) is 2. The first kappa shape index (κ1) is 15.6. The average molecular weight is 325 g/mol. The molecule has 0 bridgehead atoms. The van der Waals surface area contributed by atoms with E-state index in [4.69, 9.17) is 0 Å². The summed E-state index contributed by atoms with van der Waals surface area (Å²) in [7, 11) is -3.35. The summed E-state index contributed by atoms with van der Waals surface area (Å²) in [5.74, 6) is -1.16. The van der Waals surface area contributed by atoms with Crippen LogP contribution in [0.5, 0.6) is 0 Å². The molecule has 1 aromatic heterocycles. The fourth-order valence-corrected chi connectivity index (χ4v) is 3.07. The number of anilines is 1. The molecule has 0 fully saturated rings. The van der Waals surface area contributed by atoms with Gasteiger partial charge in [-0.2, -0.15) is 0 Å². The molecule has 1 N–H and O–H groups in total. The van der Waals surface area contributed by atoms with Gasteiger partial charge in [-0.1, -0.05) is 35.6 Å². The zero-order valence-electron chi connectivity index (χ0n) is 11.7. The first-order valence-corrected chi connectivity index (χ1v) is 9.05. The minimum absolute atomic E-state index is 0.312. The number of rotatable bonds is 5. The monoisotopic (exact) mass is 325 g/mol. The molecule has 112 valence electrons. The molecule has 0 atom stereocenters. The number of hydrogen-bond donors (Lipinski definition) is 1. The Balaban J connectivity index is 2.02. The van der Waals surface area contributed by atoms with Gasteiger partial charge in [0.25, 0.3) is 0 Å². The Bertz CT molecular complexity index is 754. The summed E-state index contributed by atoms with van der Waals surface area (Å²) in [6.07, 6.45) is 1.64. The van der Waals surface area contributed by atoms with Gasteiger partial charge in [-0.05, 0) is 18.1 Å². The Morgan fingerprint density at radius 1 is 1.29 bits per heavy atom. The molecular formula is C13H15N3O3S2. The van der Waals surface area contributed by atoms with Gasteiger partial charge in [0.15, 0.2) is 9.84 Å². The zero-order chi connectivity index (χ0) is 15.5. The van der Waals surface area contributed by atoms with E-state index in [9.17, 15) is 13.2 Å². The summed E-state index contributed by atoms with van der Waals surface area (Å²) in [6.45, 7) is 2.02. The Labute approximate surface area is 127 Å². The van der Waals surface area contributed by atoms with Crippen LogP contribution in [0.25, 0.3) is 0 Å². The summed E-state index contributed by atoms with van der Waals surface area (Å²) >= 11 is 1.24. The predicted octanol–water partition coefficient (Wildman–Crippen LogP) is 1.42. The number of aryl methyl sites for hydroxylation is 1. The summed E-state index contributed by atoms with van der Waals surface area (Å²) in [4.78, 5) is 11.5. The van der Waals surface area contributed by atoms with Crippen molar-refractivity contribution in [3.63, 3.8) is 0 Å². The number of hydrogen-bond acceptors (Lipinski definition) is 6. The van der Waals surface area contributed by atoms with Crippen molar-refractivity contribution in [2.75, 3.05) is 17.3 Å².